The van der Waals surface area contributed by atoms with E-state index in [9.17, 15) is 4.79 Å². The zero-order valence-electron chi connectivity index (χ0n) is 10.7. The molecule has 2 heterocycles. The number of aliphatic carboxylic acids is 1. The summed E-state index contributed by atoms with van der Waals surface area (Å²) in [7, 11) is 0. The molecular formula is C14H15N3O2. The Balaban J connectivity index is 2.22. The van der Waals surface area contributed by atoms with Crippen molar-refractivity contribution in [2.75, 3.05) is 0 Å². The maximum Gasteiger partial charge on any atom is 0.328 e. The highest BCUT2D eigenvalue weighted by molar-refractivity contribution is 5.85. The van der Waals surface area contributed by atoms with Gasteiger partial charge in [0.25, 0.3) is 0 Å². The molecule has 2 aromatic rings. The average molecular weight is 257 g/mol. The van der Waals surface area contributed by atoms with Crippen LogP contribution in [0.5, 0.6) is 0 Å². The van der Waals surface area contributed by atoms with E-state index in [4.69, 9.17) is 5.11 Å². The molecular weight excluding hydrogens is 242 g/mol. The van der Waals surface area contributed by atoms with Gasteiger partial charge in [-0.2, -0.15) is 0 Å². The Morgan fingerprint density at radius 2 is 2.26 bits per heavy atom. The zero-order valence-corrected chi connectivity index (χ0v) is 10.7. The molecule has 0 amide bonds. The van der Waals surface area contributed by atoms with Crippen LogP contribution < -0.4 is 0 Å². The highest BCUT2D eigenvalue weighted by Gasteiger charge is 2.04. The molecule has 5 heteroatoms. The first-order valence-electron chi connectivity index (χ1n) is 6.10. The Morgan fingerprint density at radius 1 is 1.42 bits per heavy atom. The van der Waals surface area contributed by atoms with Crippen LogP contribution in [-0.4, -0.2) is 25.6 Å². The summed E-state index contributed by atoms with van der Waals surface area (Å²) in [5, 5.41) is 8.56. The molecule has 98 valence electrons. The molecule has 0 saturated carbocycles. The number of hydrogen-bond donors (Lipinski definition) is 1. The van der Waals surface area contributed by atoms with E-state index in [1.807, 2.05) is 22.9 Å². The summed E-state index contributed by atoms with van der Waals surface area (Å²) in [6.45, 7) is 2.10. The molecule has 1 N–H and O–H groups in total. The highest BCUT2D eigenvalue weighted by Crippen LogP contribution is 2.11. The molecule has 0 radical (unpaired) electrons. The number of imidazole rings is 1. The molecule has 0 atom stereocenters. The maximum atomic E-state index is 10.4. The summed E-state index contributed by atoms with van der Waals surface area (Å²) in [5.41, 5.74) is 0.753. The van der Waals surface area contributed by atoms with Gasteiger partial charge in [-0.3, -0.25) is 4.57 Å². The van der Waals surface area contributed by atoms with Crippen LogP contribution in [-0.2, 0) is 11.2 Å². The highest BCUT2D eigenvalue weighted by atomic mass is 16.4. The molecule has 0 aromatic carbocycles. The minimum absolute atomic E-state index is 0.753. The van der Waals surface area contributed by atoms with Crippen LogP contribution in [0.2, 0.25) is 0 Å². The fourth-order valence-corrected chi connectivity index (χ4v) is 1.76. The van der Waals surface area contributed by atoms with Gasteiger partial charge >= 0.3 is 5.97 Å². The van der Waals surface area contributed by atoms with Crippen LogP contribution in [0.3, 0.4) is 0 Å². The third kappa shape index (κ3) is 3.28. The number of carboxylic acids is 1. The van der Waals surface area contributed by atoms with Gasteiger partial charge in [-0.1, -0.05) is 6.92 Å². The SMILES string of the molecule is CCCc1nccn1-c1ccc(/C=C/C(=O)O)cn1. The molecule has 0 aliphatic carbocycles. The molecule has 0 fully saturated rings. The molecule has 0 saturated heterocycles. The van der Waals surface area contributed by atoms with Crippen LogP contribution in [0.1, 0.15) is 24.7 Å². The van der Waals surface area contributed by atoms with Crippen LogP contribution in [0, 0.1) is 0 Å². The minimum Gasteiger partial charge on any atom is -0.478 e. The number of rotatable bonds is 5. The van der Waals surface area contributed by atoms with E-state index >= 15 is 0 Å². The number of aryl methyl sites for hydroxylation is 1. The van der Waals surface area contributed by atoms with Crippen molar-refractivity contribution in [3.05, 3.63) is 48.2 Å². The van der Waals surface area contributed by atoms with Gasteiger partial charge in [0.2, 0.25) is 0 Å². The van der Waals surface area contributed by atoms with E-state index < -0.39 is 5.97 Å². The molecule has 0 spiro atoms. The van der Waals surface area contributed by atoms with Gasteiger partial charge in [0.15, 0.2) is 0 Å². The van der Waals surface area contributed by atoms with E-state index in [1.54, 1.807) is 12.4 Å². The second-order valence-corrected chi connectivity index (χ2v) is 4.08. The summed E-state index contributed by atoms with van der Waals surface area (Å²) in [6.07, 6.45) is 9.80. The standard InChI is InChI=1S/C14H15N3O2/c1-2-3-12-15-8-9-17(12)13-6-4-11(10-16-13)5-7-14(18)19/h4-10H,2-3H2,1H3,(H,18,19)/b7-5+. The summed E-state index contributed by atoms with van der Waals surface area (Å²) in [6, 6.07) is 3.68. The lowest BCUT2D eigenvalue weighted by molar-refractivity contribution is -0.131. The third-order valence-corrected chi connectivity index (χ3v) is 2.63. The smallest absolute Gasteiger partial charge is 0.328 e. The lowest BCUT2D eigenvalue weighted by Gasteiger charge is -2.06. The first-order valence-corrected chi connectivity index (χ1v) is 6.10. The van der Waals surface area contributed by atoms with E-state index in [1.165, 1.54) is 6.08 Å². The monoisotopic (exact) mass is 257 g/mol. The Kier molecular flexibility index (Phi) is 4.07. The van der Waals surface area contributed by atoms with Gasteiger partial charge in [0.1, 0.15) is 11.6 Å². The normalized spacial score (nSPS) is 11.0. The quantitative estimate of drug-likeness (QED) is 0.835. The number of carboxylic acid groups (broad SMARTS) is 1. The lowest BCUT2D eigenvalue weighted by Crippen LogP contribution is -2.02. The second-order valence-electron chi connectivity index (χ2n) is 4.08. The molecule has 2 rings (SSSR count). The number of aromatic nitrogens is 3. The number of hydrogen-bond acceptors (Lipinski definition) is 3. The van der Waals surface area contributed by atoms with Crippen LogP contribution >= 0.6 is 0 Å². The number of nitrogens with zero attached hydrogens (tertiary/aromatic N) is 3. The van der Waals surface area contributed by atoms with Crippen LogP contribution in [0.4, 0.5) is 0 Å². The maximum absolute atomic E-state index is 10.4. The van der Waals surface area contributed by atoms with Gasteiger partial charge in [0.05, 0.1) is 0 Å². The predicted molar refractivity (Wildman–Crippen MR) is 72.0 cm³/mol. The van der Waals surface area contributed by atoms with Crippen molar-refractivity contribution >= 4 is 12.0 Å². The second kappa shape index (κ2) is 5.95. The Bertz CT molecular complexity index is 585. The van der Waals surface area contributed by atoms with E-state index in [2.05, 4.69) is 16.9 Å². The molecule has 0 unspecified atom stereocenters. The van der Waals surface area contributed by atoms with Crippen molar-refractivity contribution < 1.29 is 9.90 Å². The molecule has 2 aromatic heterocycles. The summed E-state index contributed by atoms with van der Waals surface area (Å²) >= 11 is 0. The molecule has 0 bridgehead atoms. The fraction of sp³-hybridized carbons (Fsp3) is 0.214. The van der Waals surface area contributed by atoms with Gasteiger partial charge < -0.3 is 5.11 Å². The number of pyridine rings is 1. The first kappa shape index (κ1) is 13.0. The summed E-state index contributed by atoms with van der Waals surface area (Å²) < 4.78 is 1.94. The van der Waals surface area contributed by atoms with Gasteiger partial charge in [-0.05, 0) is 30.2 Å². The summed E-state index contributed by atoms with van der Waals surface area (Å²) in [4.78, 5) is 19.0. The topological polar surface area (TPSA) is 68.0 Å². The largest absolute Gasteiger partial charge is 0.478 e. The average Bonchev–Trinajstić information content (AvgIpc) is 2.86. The fourth-order valence-electron chi connectivity index (χ4n) is 1.76. The summed E-state index contributed by atoms with van der Waals surface area (Å²) in [5.74, 6) is 0.793. The molecule has 5 nitrogen and oxygen atoms in total. The van der Waals surface area contributed by atoms with Crippen LogP contribution in [0.15, 0.2) is 36.8 Å². The Labute approximate surface area is 111 Å². The minimum atomic E-state index is -0.969. The van der Waals surface area contributed by atoms with E-state index in [-0.39, 0.29) is 0 Å². The van der Waals surface area contributed by atoms with E-state index in [0.29, 0.717) is 0 Å². The van der Waals surface area contributed by atoms with Gasteiger partial charge in [-0.15, -0.1) is 0 Å². The zero-order chi connectivity index (χ0) is 13.7. The molecule has 0 aliphatic rings. The van der Waals surface area contributed by atoms with Crippen LogP contribution in [0.25, 0.3) is 11.9 Å². The van der Waals surface area contributed by atoms with Crippen molar-refractivity contribution in [1.29, 1.82) is 0 Å². The Hall–Kier alpha value is -2.43. The number of carbonyl (C=O) groups is 1. The van der Waals surface area contributed by atoms with Crippen molar-refractivity contribution in [2.45, 2.75) is 19.8 Å². The lowest BCUT2D eigenvalue weighted by atomic mass is 10.2. The van der Waals surface area contributed by atoms with Crippen molar-refractivity contribution in [3.8, 4) is 5.82 Å². The van der Waals surface area contributed by atoms with Gasteiger partial charge in [-0.25, -0.2) is 14.8 Å². The molecule has 0 aliphatic heterocycles. The van der Waals surface area contributed by atoms with Crippen molar-refractivity contribution in [2.24, 2.45) is 0 Å². The van der Waals surface area contributed by atoms with Gasteiger partial charge in [0, 0.05) is 31.1 Å². The first-order chi connectivity index (χ1) is 9.20. The molecule has 19 heavy (non-hydrogen) atoms. The van der Waals surface area contributed by atoms with Crippen molar-refractivity contribution in [3.63, 3.8) is 0 Å². The van der Waals surface area contributed by atoms with E-state index in [0.717, 1.165) is 36.1 Å². The predicted octanol–water partition coefficient (Wildman–Crippen LogP) is 2.32. The third-order valence-electron chi connectivity index (χ3n) is 2.63. The Morgan fingerprint density at radius 3 is 2.89 bits per heavy atom. The van der Waals surface area contributed by atoms with Crippen molar-refractivity contribution in [1.82, 2.24) is 14.5 Å².